The molecule has 0 heterocycles. The zero-order valence-electron chi connectivity index (χ0n) is 14.4. The molecule has 0 aromatic heterocycles. The number of carbonyl (C=O) groups is 4. The van der Waals surface area contributed by atoms with Crippen molar-refractivity contribution >= 4 is 29.3 Å². The van der Waals surface area contributed by atoms with Gasteiger partial charge in [0.2, 0.25) is 0 Å². The fourth-order valence-corrected chi connectivity index (χ4v) is 2.00. The number of ketones is 1. The number of methoxy groups -OCH3 is 1. The van der Waals surface area contributed by atoms with Crippen molar-refractivity contribution in [1.29, 1.82) is 0 Å². The molecule has 1 aromatic rings. The van der Waals surface area contributed by atoms with Crippen molar-refractivity contribution in [3.63, 3.8) is 0 Å². The average Bonchev–Trinajstić information content (AvgIpc) is 2.57. The van der Waals surface area contributed by atoms with Crippen LogP contribution < -0.4 is 5.32 Å². The molecule has 0 unspecified atom stereocenters. The lowest BCUT2D eigenvalue weighted by atomic mass is 10.1. The second-order valence-corrected chi connectivity index (χ2v) is 5.36. The van der Waals surface area contributed by atoms with Crippen LogP contribution in [-0.2, 0) is 23.9 Å². The van der Waals surface area contributed by atoms with E-state index in [4.69, 9.17) is 4.74 Å². The minimum Gasteiger partial charge on any atom is -0.467 e. The first-order valence-electron chi connectivity index (χ1n) is 7.47. The number of benzene rings is 1. The van der Waals surface area contributed by atoms with Gasteiger partial charge in [-0.2, -0.15) is 0 Å². The standard InChI is InChI=1S/C16H18N2O8/c1-9(19)7-13(20)26-10(2)14(16(22)25-3)17-15(21)11-5-4-6-12(8-11)18(23)24/h4-6,8,10,14H,7H2,1-3H3,(H,17,21)/t10-,14+/m0/s1. The number of carbonyl (C=O) groups excluding carboxylic acids is 4. The Morgan fingerprint density at radius 3 is 2.46 bits per heavy atom. The monoisotopic (exact) mass is 366 g/mol. The van der Waals surface area contributed by atoms with Gasteiger partial charge < -0.3 is 14.8 Å². The van der Waals surface area contributed by atoms with E-state index < -0.39 is 47.1 Å². The molecule has 1 amide bonds. The second-order valence-electron chi connectivity index (χ2n) is 5.36. The minimum absolute atomic E-state index is 0.0598. The Bertz CT molecular complexity index is 731. The molecule has 0 saturated heterocycles. The van der Waals surface area contributed by atoms with Gasteiger partial charge in [0.25, 0.3) is 11.6 Å². The summed E-state index contributed by atoms with van der Waals surface area (Å²) in [6, 6.07) is 3.53. The van der Waals surface area contributed by atoms with E-state index in [1.54, 1.807) is 0 Å². The van der Waals surface area contributed by atoms with Crippen LogP contribution in [0, 0.1) is 10.1 Å². The first-order chi connectivity index (χ1) is 12.1. The van der Waals surface area contributed by atoms with Crippen molar-refractivity contribution in [2.75, 3.05) is 7.11 Å². The van der Waals surface area contributed by atoms with Crippen LogP contribution in [0.15, 0.2) is 24.3 Å². The predicted molar refractivity (Wildman–Crippen MR) is 87.2 cm³/mol. The van der Waals surface area contributed by atoms with E-state index in [-0.39, 0.29) is 11.3 Å². The number of non-ortho nitro benzene ring substituents is 1. The number of amides is 1. The van der Waals surface area contributed by atoms with Gasteiger partial charge in [-0.25, -0.2) is 4.79 Å². The van der Waals surface area contributed by atoms with E-state index >= 15 is 0 Å². The van der Waals surface area contributed by atoms with E-state index in [9.17, 15) is 29.3 Å². The topological polar surface area (TPSA) is 142 Å². The molecule has 10 heteroatoms. The van der Waals surface area contributed by atoms with Gasteiger partial charge in [-0.1, -0.05) is 6.07 Å². The lowest BCUT2D eigenvalue weighted by Gasteiger charge is -2.23. The maximum absolute atomic E-state index is 12.3. The van der Waals surface area contributed by atoms with E-state index in [1.165, 1.54) is 32.0 Å². The molecular formula is C16H18N2O8. The smallest absolute Gasteiger partial charge is 0.332 e. The molecule has 0 saturated carbocycles. The first-order valence-corrected chi connectivity index (χ1v) is 7.47. The summed E-state index contributed by atoms with van der Waals surface area (Å²) in [4.78, 5) is 56.8. The molecule has 0 spiro atoms. The summed E-state index contributed by atoms with van der Waals surface area (Å²) in [6.07, 6.45) is -1.60. The summed E-state index contributed by atoms with van der Waals surface area (Å²) in [5.74, 6) is -2.95. The summed E-state index contributed by atoms with van der Waals surface area (Å²) in [5.41, 5.74) is -0.358. The van der Waals surface area contributed by atoms with Crippen LogP contribution >= 0.6 is 0 Å². The molecule has 0 aliphatic heterocycles. The molecule has 2 atom stereocenters. The van der Waals surface area contributed by atoms with Gasteiger partial charge in [-0.05, 0) is 19.9 Å². The summed E-state index contributed by atoms with van der Waals surface area (Å²) in [5, 5.41) is 13.1. The summed E-state index contributed by atoms with van der Waals surface area (Å²) < 4.78 is 9.54. The average molecular weight is 366 g/mol. The number of hydrogen-bond donors (Lipinski definition) is 1. The zero-order chi connectivity index (χ0) is 19.9. The second kappa shape index (κ2) is 9.25. The number of nitro benzene ring substituents is 1. The maximum atomic E-state index is 12.3. The Morgan fingerprint density at radius 1 is 1.27 bits per heavy atom. The highest BCUT2D eigenvalue weighted by molar-refractivity contribution is 5.97. The lowest BCUT2D eigenvalue weighted by molar-refractivity contribution is -0.384. The highest BCUT2D eigenvalue weighted by Gasteiger charge is 2.31. The maximum Gasteiger partial charge on any atom is 0.332 e. The third kappa shape index (κ3) is 5.96. The Labute approximate surface area is 148 Å². The Hall–Kier alpha value is -3.30. The van der Waals surface area contributed by atoms with Crippen LogP contribution in [0.3, 0.4) is 0 Å². The van der Waals surface area contributed by atoms with Crippen molar-refractivity contribution in [1.82, 2.24) is 5.32 Å². The quantitative estimate of drug-likeness (QED) is 0.308. The lowest BCUT2D eigenvalue weighted by Crippen LogP contribution is -2.49. The van der Waals surface area contributed by atoms with Crippen LogP contribution in [0.4, 0.5) is 5.69 Å². The van der Waals surface area contributed by atoms with E-state index in [2.05, 4.69) is 10.1 Å². The number of nitrogens with one attached hydrogen (secondary N) is 1. The van der Waals surface area contributed by atoms with Gasteiger partial charge in [0, 0.05) is 17.7 Å². The van der Waals surface area contributed by atoms with Gasteiger partial charge in [0.1, 0.15) is 18.3 Å². The van der Waals surface area contributed by atoms with Crippen LogP contribution in [0.1, 0.15) is 30.6 Å². The van der Waals surface area contributed by atoms with Crippen molar-refractivity contribution in [2.24, 2.45) is 0 Å². The predicted octanol–water partition coefficient (Wildman–Crippen LogP) is 0.777. The molecule has 140 valence electrons. The zero-order valence-corrected chi connectivity index (χ0v) is 14.4. The molecule has 26 heavy (non-hydrogen) atoms. The highest BCUT2D eigenvalue weighted by atomic mass is 16.6. The molecule has 1 aromatic carbocycles. The van der Waals surface area contributed by atoms with Crippen LogP contribution in [0.5, 0.6) is 0 Å². The Balaban J connectivity index is 2.93. The van der Waals surface area contributed by atoms with Gasteiger partial charge in [0.05, 0.1) is 12.0 Å². The molecule has 0 radical (unpaired) electrons. The van der Waals surface area contributed by atoms with Crippen LogP contribution in [-0.4, -0.2) is 47.8 Å². The summed E-state index contributed by atoms with van der Waals surface area (Å²) >= 11 is 0. The van der Waals surface area contributed by atoms with Crippen LogP contribution in [0.25, 0.3) is 0 Å². The van der Waals surface area contributed by atoms with Gasteiger partial charge in [-0.3, -0.25) is 24.5 Å². The number of rotatable bonds is 8. The molecule has 0 bridgehead atoms. The number of nitro groups is 1. The molecule has 1 rings (SSSR count). The van der Waals surface area contributed by atoms with Crippen molar-refractivity contribution in [3.8, 4) is 0 Å². The molecular weight excluding hydrogens is 348 g/mol. The normalized spacial score (nSPS) is 12.4. The molecule has 10 nitrogen and oxygen atoms in total. The Kier molecular flexibility index (Phi) is 7.38. The van der Waals surface area contributed by atoms with Crippen molar-refractivity contribution in [3.05, 3.63) is 39.9 Å². The number of esters is 2. The summed E-state index contributed by atoms with van der Waals surface area (Å²) in [7, 11) is 1.08. The third-order valence-electron chi connectivity index (χ3n) is 3.24. The van der Waals surface area contributed by atoms with Gasteiger partial charge in [0.15, 0.2) is 6.04 Å². The highest BCUT2D eigenvalue weighted by Crippen LogP contribution is 2.14. The van der Waals surface area contributed by atoms with Gasteiger partial charge >= 0.3 is 11.9 Å². The number of nitrogens with zero attached hydrogens (tertiary/aromatic N) is 1. The third-order valence-corrected chi connectivity index (χ3v) is 3.24. The van der Waals surface area contributed by atoms with Crippen LogP contribution in [0.2, 0.25) is 0 Å². The van der Waals surface area contributed by atoms with Gasteiger partial charge in [-0.15, -0.1) is 0 Å². The number of ether oxygens (including phenoxy) is 2. The largest absolute Gasteiger partial charge is 0.467 e. The fourth-order valence-electron chi connectivity index (χ4n) is 2.00. The molecule has 0 aliphatic rings. The van der Waals surface area contributed by atoms with Crippen molar-refractivity contribution < 1.29 is 33.6 Å². The molecule has 0 fully saturated rings. The van der Waals surface area contributed by atoms with E-state index in [1.807, 2.05) is 0 Å². The van der Waals surface area contributed by atoms with E-state index in [0.29, 0.717) is 0 Å². The SMILES string of the molecule is COC(=O)[C@H](NC(=O)c1cccc([N+](=O)[O-])c1)[C@H](C)OC(=O)CC(C)=O. The number of Topliss-reactive ketones (excluding diaryl/α,β-unsaturated/α-hetero) is 1. The fraction of sp³-hybridized carbons (Fsp3) is 0.375. The molecule has 0 aliphatic carbocycles. The first kappa shape index (κ1) is 20.7. The summed E-state index contributed by atoms with van der Waals surface area (Å²) in [6.45, 7) is 2.54. The number of hydrogen-bond acceptors (Lipinski definition) is 8. The van der Waals surface area contributed by atoms with E-state index in [0.717, 1.165) is 13.2 Å². The van der Waals surface area contributed by atoms with Crippen molar-refractivity contribution in [2.45, 2.75) is 32.4 Å². The minimum atomic E-state index is -1.36. The molecule has 1 N–H and O–H groups in total. The Morgan fingerprint density at radius 2 is 1.92 bits per heavy atom.